The molecule has 0 aliphatic rings. The van der Waals surface area contributed by atoms with Gasteiger partial charge in [0.15, 0.2) is 0 Å². The van der Waals surface area contributed by atoms with Crippen LogP contribution in [0, 0.1) is 10.1 Å². The van der Waals surface area contributed by atoms with Crippen molar-refractivity contribution in [1.82, 2.24) is 0 Å². The maximum Gasteiger partial charge on any atom is 0.342 e. The van der Waals surface area contributed by atoms with Crippen LogP contribution in [-0.4, -0.2) is 29.7 Å². The Morgan fingerprint density at radius 1 is 1.53 bits per heavy atom. The number of hydrogen-bond acceptors (Lipinski definition) is 6. The first-order chi connectivity index (χ1) is 9.04. The van der Waals surface area contributed by atoms with Gasteiger partial charge in [-0.3, -0.25) is 10.1 Å². The van der Waals surface area contributed by atoms with E-state index < -0.39 is 10.9 Å². The van der Waals surface area contributed by atoms with Crippen molar-refractivity contribution in [2.45, 2.75) is 6.92 Å². The van der Waals surface area contributed by atoms with Crippen LogP contribution in [0.4, 0.5) is 5.69 Å². The molecular formula is C12H13NO6. The first-order valence-electron chi connectivity index (χ1n) is 5.39. The predicted molar refractivity (Wildman–Crippen MR) is 66.9 cm³/mol. The van der Waals surface area contributed by atoms with Crippen LogP contribution in [0.5, 0.6) is 5.75 Å². The minimum Gasteiger partial charge on any atom is -0.515 e. The Bertz CT molecular complexity index is 523. The third-order valence-corrected chi connectivity index (χ3v) is 2.32. The highest BCUT2D eigenvalue weighted by Crippen LogP contribution is 2.30. The number of aliphatic hydroxyl groups excluding tert-OH is 1. The van der Waals surface area contributed by atoms with Crippen molar-refractivity contribution in [2.24, 2.45) is 0 Å². The third-order valence-electron chi connectivity index (χ3n) is 2.32. The fourth-order valence-electron chi connectivity index (χ4n) is 1.46. The van der Waals surface area contributed by atoms with Crippen molar-refractivity contribution >= 4 is 17.2 Å². The second-order valence-corrected chi connectivity index (χ2v) is 3.40. The second-order valence-electron chi connectivity index (χ2n) is 3.40. The lowest BCUT2D eigenvalue weighted by atomic mass is 10.0. The maximum atomic E-state index is 11.6. The molecule has 102 valence electrons. The molecule has 0 atom stereocenters. The van der Waals surface area contributed by atoms with E-state index in [1.165, 1.54) is 25.3 Å². The van der Waals surface area contributed by atoms with Gasteiger partial charge in [0.05, 0.1) is 30.5 Å². The Kier molecular flexibility index (Phi) is 4.87. The topological polar surface area (TPSA) is 98.9 Å². The van der Waals surface area contributed by atoms with Crippen LogP contribution in [-0.2, 0) is 9.53 Å². The minimum absolute atomic E-state index is 0.0645. The van der Waals surface area contributed by atoms with E-state index in [2.05, 4.69) is 0 Å². The molecule has 0 aliphatic heterocycles. The number of benzene rings is 1. The van der Waals surface area contributed by atoms with E-state index in [0.717, 1.165) is 0 Å². The Morgan fingerprint density at radius 2 is 2.21 bits per heavy atom. The molecule has 0 heterocycles. The number of nitro benzene ring substituents is 1. The van der Waals surface area contributed by atoms with Crippen LogP contribution in [0.15, 0.2) is 24.5 Å². The number of carbonyl (C=O) groups is 1. The molecule has 0 radical (unpaired) electrons. The van der Waals surface area contributed by atoms with E-state index in [1.54, 1.807) is 6.92 Å². The second kappa shape index (κ2) is 6.39. The summed E-state index contributed by atoms with van der Waals surface area (Å²) in [6.45, 7) is 1.68. The third kappa shape index (κ3) is 3.21. The van der Waals surface area contributed by atoms with Crippen molar-refractivity contribution in [1.29, 1.82) is 0 Å². The highest BCUT2D eigenvalue weighted by atomic mass is 16.6. The summed E-state index contributed by atoms with van der Waals surface area (Å²) in [5, 5.41) is 20.0. The molecule has 1 aromatic rings. The van der Waals surface area contributed by atoms with E-state index in [1.807, 2.05) is 0 Å². The number of hydrogen-bond donors (Lipinski definition) is 1. The average Bonchev–Trinajstić information content (AvgIpc) is 2.39. The lowest BCUT2D eigenvalue weighted by Gasteiger charge is -2.08. The number of ether oxygens (including phenoxy) is 2. The van der Waals surface area contributed by atoms with Gasteiger partial charge in [-0.15, -0.1) is 0 Å². The maximum absolute atomic E-state index is 11.6. The van der Waals surface area contributed by atoms with Gasteiger partial charge in [0, 0.05) is 6.07 Å². The molecule has 0 saturated carbocycles. The van der Waals surface area contributed by atoms with Crippen LogP contribution in [0.25, 0.3) is 5.57 Å². The van der Waals surface area contributed by atoms with Gasteiger partial charge in [-0.2, -0.15) is 0 Å². The lowest BCUT2D eigenvalue weighted by molar-refractivity contribution is -0.385. The fourth-order valence-corrected chi connectivity index (χ4v) is 1.46. The summed E-state index contributed by atoms with van der Waals surface area (Å²) in [6.07, 6.45) is 0.486. The highest BCUT2D eigenvalue weighted by Gasteiger charge is 2.24. The Morgan fingerprint density at radius 3 is 2.68 bits per heavy atom. The van der Waals surface area contributed by atoms with Crippen LogP contribution in [0.2, 0.25) is 0 Å². The summed E-state index contributed by atoms with van der Waals surface area (Å²) in [6, 6.07) is 3.87. The molecule has 7 nitrogen and oxygen atoms in total. The SMILES string of the molecule is CCOC(=O)/C(=C\O)c1cc(OC)ccc1[N+](=O)[O-]. The van der Waals surface area contributed by atoms with E-state index in [0.29, 0.717) is 12.0 Å². The largest absolute Gasteiger partial charge is 0.515 e. The molecule has 19 heavy (non-hydrogen) atoms. The zero-order valence-corrected chi connectivity index (χ0v) is 10.5. The molecule has 0 saturated heterocycles. The monoisotopic (exact) mass is 267 g/mol. The van der Waals surface area contributed by atoms with E-state index in [9.17, 15) is 14.9 Å². The summed E-state index contributed by atoms with van der Waals surface area (Å²) in [4.78, 5) is 21.9. The standard InChI is InChI=1S/C12H13NO6/c1-3-19-12(15)10(7-14)9-6-8(18-2)4-5-11(9)13(16)17/h4-7,14H,3H2,1-2H3/b10-7-. The Balaban J connectivity index is 3.36. The number of aliphatic hydroxyl groups is 1. The van der Waals surface area contributed by atoms with Crippen LogP contribution in [0.3, 0.4) is 0 Å². The summed E-state index contributed by atoms with van der Waals surface area (Å²) in [5.41, 5.74) is -0.688. The van der Waals surface area contributed by atoms with E-state index >= 15 is 0 Å². The molecule has 0 unspecified atom stereocenters. The zero-order chi connectivity index (χ0) is 14.4. The van der Waals surface area contributed by atoms with Crippen molar-refractivity contribution in [2.75, 3.05) is 13.7 Å². The predicted octanol–water partition coefficient (Wildman–Crippen LogP) is 2.07. The molecule has 1 N–H and O–H groups in total. The van der Waals surface area contributed by atoms with Gasteiger partial charge in [0.1, 0.15) is 11.3 Å². The van der Waals surface area contributed by atoms with Gasteiger partial charge in [0.2, 0.25) is 0 Å². The van der Waals surface area contributed by atoms with Crippen molar-refractivity contribution in [3.63, 3.8) is 0 Å². The molecule has 0 fully saturated rings. The number of methoxy groups -OCH3 is 1. The molecule has 0 aromatic heterocycles. The number of nitrogens with zero attached hydrogens (tertiary/aromatic N) is 1. The smallest absolute Gasteiger partial charge is 0.342 e. The number of rotatable bonds is 5. The number of carbonyl (C=O) groups excluding carboxylic acids is 1. The van der Waals surface area contributed by atoms with Crippen LogP contribution >= 0.6 is 0 Å². The lowest BCUT2D eigenvalue weighted by Crippen LogP contribution is -2.09. The van der Waals surface area contributed by atoms with Gasteiger partial charge in [-0.05, 0) is 19.1 Å². The fraction of sp³-hybridized carbons (Fsp3) is 0.250. The highest BCUT2D eigenvalue weighted by molar-refractivity contribution is 6.17. The first kappa shape index (κ1) is 14.5. The van der Waals surface area contributed by atoms with E-state index in [-0.39, 0.29) is 23.4 Å². The molecular weight excluding hydrogens is 254 g/mol. The van der Waals surface area contributed by atoms with Gasteiger partial charge in [-0.25, -0.2) is 4.79 Å². The summed E-state index contributed by atoms with van der Waals surface area (Å²) >= 11 is 0. The Labute approximate surface area is 109 Å². The van der Waals surface area contributed by atoms with Gasteiger partial charge in [-0.1, -0.05) is 0 Å². The molecule has 7 heteroatoms. The van der Waals surface area contributed by atoms with Crippen LogP contribution in [0.1, 0.15) is 12.5 Å². The van der Waals surface area contributed by atoms with Gasteiger partial charge in [0.25, 0.3) is 5.69 Å². The van der Waals surface area contributed by atoms with E-state index in [4.69, 9.17) is 14.6 Å². The normalized spacial score (nSPS) is 10.9. The number of esters is 1. The molecule has 0 spiro atoms. The summed E-state index contributed by atoms with van der Waals surface area (Å²) in [7, 11) is 1.39. The van der Waals surface area contributed by atoms with Crippen LogP contribution < -0.4 is 4.74 Å². The van der Waals surface area contributed by atoms with Gasteiger partial charge >= 0.3 is 5.97 Å². The molecule has 0 aliphatic carbocycles. The quantitative estimate of drug-likeness (QED) is 0.288. The Hall–Kier alpha value is -2.57. The average molecular weight is 267 g/mol. The zero-order valence-electron chi connectivity index (χ0n) is 10.5. The van der Waals surface area contributed by atoms with Crippen molar-refractivity contribution in [3.05, 3.63) is 40.1 Å². The number of nitro groups is 1. The minimum atomic E-state index is -0.846. The molecule has 1 aromatic carbocycles. The van der Waals surface area contributed by atoms with Crippen molar-refractivity contribution < 1.29 is 24.3 Å². The summed E-state index contributed by atoms with van der Waals surface area (Å²) < 4.78 is 9.67. The van der Waals surface area contributed by atoms with Crippen molar-refractivity contribution in [3.8, 4) is 5.75 Å². The van der Waals surface area contributed by atoms with Gasteiger partial charge < -0.3 is 14.6 Å². The molecule has 0 amide bonds. The first-order valence-corrected chi connectivity index (χ1v) is 5.39. The molecule has 1 rings (SSSR count). The summed E-state index contributed by atoms with van der Waals surface area (Å²) in [5.74, 6) is -0.523. The molecule has 0 bridgehead atoms.